The second-order valence-electron chi connectivity index (χ2n) is 6.41. The first-order chi connectivity index (χ1) is 13.7. The molecule has 0 spiro atoms. The van der Waals surface area contributed by atoms with Crippen molar-refractivity contribution < 1.29 is 14.3 Å². The number of benzene rings is 2. The fourth-order valence-corrected chi connectivity index (χ4v) is 3.17. The van der Waals surface area contributed by atoms with Gasteiger partial charge in [0.1, 0.15) is 0 Å². The maximum Gasteiger partial charge on any atom is 0.339 e. The van der Waals surface area contributed by atoms with Crippen LogP contribution in [0.25, 0.3) is 0 Å². The summed E-state index contributed by atoms with van der Waals surface area (Å²) in [5.74, 6) is -0.428. The Kier molecular flexibility index (Phi) is 5.01. The number of amides is 2. The number of rotatable bonds is 5. The van der Waals surface area contributed by atoms with Crippen LogP contribution in [-0.4, -0.2) is 30.1 Å². The summed E-state index contributed by atoms with van der Waals surface area (Å²) in [7, 11) is 0. The smallest absolute Gasteiger partial charge is 0.339 e. The first-order valence-electron chi connectivity index (χ1n) is 9.03. The number of esters is 1. The highest BCUT2D eigenvalue weighted by atomic mass is 16.5. The van der Waals surface area contributed by atoms with E-state index >= 15 is 0 Å². The van der Waals surface area contributed by atoms with E-state index in [2.05, 4.69) is 10.3 Å². The van der Waals surface area contributed by atoms with Gasteiger partial charge in [-0.2, -0.15) is 0 Å². The molecular weight excluding hydrogens is 354 g/mol. The molecule has 0 bridgehead atoms. The molecule has 0 unspecified atom stereocenters. The number of pyridine rings is 1. The molecule has 1 aliphatic heterocycles. The van der Waals surface area contributed by atoms with Crippen molar-refractivity contribution in [2.75, 3.05) is 18.0 Å². The molecule has 2 heterocycles. The predicted molar refractivity (Wildman–Crippen MR) is 105 cm³/mol. The normalized spacial score (nSPS) is 14.4. The van der Waals surface area contributed by atoms with Gasteiger partial charge in [-0.25, -0.2) is 9.59 Å². The van der Waals surface area contributed by atoms with Crippen molar-refractivity contribution in [2.45, 2.75) is 6.10 Å². The first-order valence-corrected chi connectivity index (χ1v) is 9.03. The minimum Gasteiger partial charge on any atom is -0.449 e. The Labute approximate surface area is 162 Å². The van der Waals surface area contributed by atoms with Crippen LogP contribution < -0.4 is 10.2 Å². The van der Waals surface area contributed by atoms with E-state index in [0.717, 1.165) is 16.8 Å². The molecule has 1 saturated heterocycles. The van der Waals surface area contributed by atoms with Crippen LogP contribution in [0.3, 0.4) is 0 Å². The zero-order valence-corrected chi connectivity index (χ0v) is 15.1. The molecule has 1 atom stereocenters. The molecule has 4 rings (SSSR count). The van der Waals surface area contributed by atoms with Crippen molar-refractivity contribution in [2.24, 2.45) is 0 Å². The molecule has 0 radical (unpaired) electrons. The number of carbonyl (C=O) groups is 2. The van der Waals surface area contributed by atoms with Gasteiger partial charge in [-0.15, -0.1) is 0 Å². The Hall–Kier alpha value is -3.67. The fourth-order valence-electron chi connectivity index (χ4n) is 3.17. The highest BCUT2D eigenvalue weighted by Crippen LogP contribution is 2.27. The maximum absolute atomic E-state index is 12.8. The molecule has 6 heteroatoms. The predicted octanol–water partition coefficient (Wildman–Crippen LogP) is 3.56. The quantitative estimate of drug-likeness (QED) is 0.694. The number of carbonyl (C=O) groups excluding carboxylic acids is 2. The van der Waals surface area contributed by atoms with Crippen molar-refractivity contribution in [3.8, 4) is 0 Å². The van der Waals surface area contributed by atoms with Gasteiger partial charge >= 0.3 is 12.0 Å². The molecule has 6 nitrogen and oxygen atoms in total. The molecule has 0 saturated carbocycles. The minimum atomic E-state index is -0.527. The third kappa shape index (κ3) is 3.71. The molecule has 0 aliphatic carbocycles. The molecule has 1 aromatic heterocycles. The second kappa shape index (κ2) is 7.92. The van der Waals surface area contributed by atoms with E-state index in [1.165, 1.54) is 0 Å². The molecule has 1 N–H and O–H groups in total. The molecule has 3 aromatic rings. The lowest BCUT2D eigenvalue weighted by molar-refractivity contribution is 0.0378. The monoisotopic (exact) mass is 373 g/mol. The number of urea groups is 1. The van der Waals surface area contributed by atoms with Crippen molar-refractivity contribution in [1.29, 1.82) is 0 Å². The van der Waals surface area contributed by atoms with Gasteiger partial charge in [0.2, 0.25) is 0 Å². The van der Waals surface area contributed by atoms with Crippen molar-refractivity contribution >= 4 is 17.7 Å². The summed E-state index contributed by atoms with van der Waals surface area (Å²) in [5, 5.41) is 2.76. The Bertz CT molecular complexity index is 920. The number of nitrogens with zero attached hydrogens (tertiary/aromatic N) is 2. The number of hydrogen-bond acceptors (Lipinski definition) is 4. The molecule has 2 aromatic carbocycles. The van der Waals surface area contributed by atoms with Gasteiger partial charge in [-0.05, 0) is 42.0 Å². The molecule has 2 amide bonds. The third-order valence-corrected chi connectivity index (χ3v) is 4.61. The number of hydrogen-bond donors (Lipinski definition) is 1. The summed E-state index contributed by atoms with van der Waals surface area (Å²) >= 11 is 0. The summed E-state index contributed by atoms with van der Waals surface area (Å²) < 4.78 is 5.84. The van der Waals surface area contributed by atoms with Gasteiger partial charge in [0.05, 0.1) is 5.56 Å². The average Bonchev–Trinajstić information content (AvgIpc) is 3.19. The Balaban J connectivity index is 1.55. The maximum atomic E-state index is 12.8. The minimum absolute atomic E-state index is 0.128. The zero-order valence-electron chi connectivity index (χ0n) is 15.1. The lowest BCUT2D eigenvalue weighted by Crippen LogP contribution is -2.27. The van der Waals surface area contributed by atoms with Crippen LogP contribution in [0.15, 0.2) is 79.1 Å². The number of ether oxygens (including phenoxy) is 1. The van der Waals surface area contributed by atoms with Crippen LogP contribution in [0, 0.1) is 0 Å². The van der Waals surface area contributed by atoms with Gasteiger partial charge in [-0.3, -0.25) is 9.88 Å². The van der Waals surface area contributed by atoms with E-state index in [1.54, 1.807) is 41.6 Å². The van der Waals surface area contributed by atoms with Gasteiger partial charge in [0, 0.05) is 36.7 Å². The number of nitrogens with one attached hydrogen (secondary N) is 1. The topological polar surface area (TPSA) is 71.5 Å². The first kappa shape index (κ1) is 17.7. The number of aromatic nitrogens is 1. The lowest BCUT2D eigenvalue weighted by Gasteiger charge is -2.19. The molecule has 28 heavy (non-hydrogen) atoms. The Morgan fingerprint density at radius 2 is 1.64 bits per heavy atom. The number of anilines is 1. The summed E-state index contributed by atoms with van der Waals surface area (Å²) in [6.07, 6.45) is 2.82. The molecule has 1 fully saturated rings. The second-order valence-corrected chi connectivity index (χ2v) is 6.41. The molecule has 1 aliphatic rings. The standard InChI is InChI=1S/C22H19N3O3/c26-21(18-6-8-19(9-7-18)25-15-14-24-22(25)27)28-20(16-4-2-1-3-5-16)17-10-12-23-13-11-17/h1-13,20H,14-15H2,(H,24,27)/t20-/m1/s1. The van der Waals surface area contributed by atoms with Crippen LogP contribution in [0.2, 0.25) is 0 Å². The van der Waals surface area contributed by atoms with Crippen molar-refractivity contribution in [1.82, 2.24) is 10.3 Å². The van der Waals surface area contributed by atoms with Gasteiger partial charge in [0.25, 0.3) is 0 Å². The Morgan fingerprint density at radius 1 is 0.964 bits per heavy atom. The highest BCUT2D eigenvalue weighted by molar-refractivity contribution is 5.95. The largest absolute Gasteiger partial charge is 0.449 e. The summed E-state index contributed by atoms with van der Waals surface area (Å²) in [5.41, 5.74) is 2.91. The SMILES string of the molecule is O=C(O[C@H](c1ccccc1)c1ccncc1)c1ccc(N2CCNC2=O)cc1. The lowest BCUT2D eigenvalue weighted by atomic mass is 10.0. The van der Waals surface area contributed by atoms with E-state index < -0.39 is 12.1 Å². The highest BCUT2D eigenvalue weighted by Gasteiger charge is 2.23. The van der Waals surface area contributed by atoms with Crippen molar-refractivity contribution in [3.63, 3.8) is 0 Å². The molecular formula is C22H19N3O3. The zero-order chi connectivity index (χ0) is 19.3. The van der Waals surface area contributed by atoms with Gasteiger partial charge in [0.15, 0.2) is 6.10 Å². The van der Waals surface area contributed by atoms with E-state index in [4.69, 9.17) is 4.74 Å². The van der Waals surface area contributed by atoms with Crippen LogP contribution >= 0.6 is 0 Å². The van der Waals surface area contributed by atoms with Gasteiger partial charge < -0.3 is 10.1 Å². The van der Waals surface area contributed by atoms with Crippen LogP contribution in [0.1, 0.15) is 27.6 Å². The average molecular weight is 373 g/mol. The Morgan fingerprint density at radius 3 is 2.29 bits per heavy atom. The summed E-state index contributed by atoms with van der Waals surface area (Å²) in [6, 6.07) is 20.0. The van der Waals surface area contributed by atoms with Crippen LogP contribution in [-0.2, 0) is 4.74 Å². The molecule has 140 valence electrons. The fraction of sp³-hybridized carbons (Fsp3) is 0.136. The summed E-state index contributed by atoms with van der Waals surface area (Å²) in [6.45, 7) is 1.23. The van der Waals surface area contributed by atoms with Crippen LogP contribution in [0.4, 0.5) is 10.5 Å². The summed E-state index contributed by atoms with van der Waals surface area (Å²) in [4.78, 5) is 30.2. The van der Waals surface area contributed by atoms with E-state index in [9.17, 15) is 9.59 Å². The van der Waals surface area contributed by atoms with Gasteiger partial charge in [-0.1, -0.05) is 30.3 Å². The van der Waals surface area contributed by atoms with E-state index in [0.29, 0.717) is 18.7 Å². The van der Waals surface area contributed by atoms with E-state index in [1.807, 2.05) is 42.5 Å². The van der Waals surface area contributed by atoms with Crippen molar-refractivity contribution in [3.05, 3.63) is 95.8 Å². The van der Waals surface area contributed by atoms with E-state index in [-0.39, 0.29) is 6.03 Å². The van der Waals surface area contributed by atoms with Crippen LogP contribution in [0.5, 0.6) is 0 Å². The third-order valence-electron chi connectivity index (χ3n) is 4.61.